The van der Waals surface area contributed by atoms with Crippen molar-refractivity contribution in [2.75, 3.05) is 31.7 Å². The molecule has 0 aliphatic rings. The Balaban J connectivity index is 2.67. The maximum atomic E-state index is 5.84. The average molecular weight is 237 g/mol. The van der Waals surface area contributed by atoms with Gasteiger partial charge in [-0.3, -0.25) is 0 Å². The molecule has 0 fully saturated rings. The third-order valence-electron chi connectivity index (χ3n) is 2.55. The lowest BCUT2D eigenvalue weighted by atomic mass is 10.1. The molecular formula is C13H23N3O. The maximum absolute atomic E-state index is 5.84. The molecule has 1 heterocycles. The minimum absolute atomic E-state index is 0.151. The van der Waals surface area contributed by atoms with Crippen molar-refractivity contribution in [3.8, 4) is 0 Å². The summed E-state index contributed by atoms with van der Waals surface area (Å²) in [4.78, 5) is 6.54. The van der Waals surface area contributed by atoms with Gasteiger partial charge in [0.2, 0.25) is 0 Å². The Morgan fingerprint density at radius 1 is 1.53 bits per heavy atom. The summed E-state index contributed by atoms with van der Waals surface area (Å²) < 4.78 is 5.35. The van der Waals surface area contributed by atoms with E-state index in [-0.39, 0.29) is 6.04 Å². The molecule has 0 spiro atoms. The third kappa shape index (κ3) is 4.71. The Morgan fingerprint density at radius 3 is 2.94 bits per heavy atom. The van der Waals surface area contributed by atoms with E-state index in [0.717, 1.165) is 32.0 Å². The predicted octanol–water partition coefficient (Wildman–Crippen LogP) is 1.44. The lowest BCUT2D eigenvalue weighted by Gasteiger charge is -2.21. The second-order valence-corrected chi connectivity index (χ2v) is 4.29. The molecule has 1 aromatic rings. The van der Waals surface area contributed by atoms with Crippen molar-refractivity contribution >= 4 is 5.82 Å². The van der Waals surface area contributed by atoms with Crippen molar-refractivity contribution in [2.45, 2.75) is 26.3 Å². The molecule has 96 valence electrons. The molecular weight excluding hydrogens is 214 g/mol. The highest BCUT2D eigenvalue weighted by molar-refractivity contribution is 5.46. The molecule has 1 unspecified atom stereocenters. The van der Waals surface area contributed by atoms with Gasteiger partial charge in [-0.25, -0.2) is 4.98 Å². The van der Waals surface area contributed by atoms with Crippen molar-refractivity contribution in [2.24, 2.45) is 5.73 Å². The number of rotatable bonds is 7. The van der Waals surface area contributed by atoms with Crippen molar-refractivity contribution in [3.05, 3.63) is 23.9 Å². The van der Waals surface area contributed by atoms with Crippen molar-refractivity contribution in [1.82, 2.24) is 4.98 Å². The van der Waals surface area contributed by atoms with Crippen LogP contribution in [0, 0.1) is 0 Å². The second kappa shape index (κ2) is 7.25. The lowest BCUT2D eigenvalue weighted by molar-refractivity contribution is 0.154. The Bertz CT molecular complexity index is 328. The summed E-state index contributed by atoms with van der Waals surface area (Å²) in [7, 11) is 2.03. The van der Waals surface area contributed by atoms with E-state index in [1.807, 2.05) is 33.2 Å². The number of anilines is 1. The molecule has 0 aromatic carbocycles. The summed E-state index contributed by atoms with van der Waals surface area (Å²) >= 11 is 0. The molecule has 0 saturated heterocycles. The first-order valence-electron chi connectivity index (χ1n) is 6.13. The highest BCUT2D eigenvalue weighted by Gasteiger charge is 2.09. The first kappa shape index (κ1) is 13.9. The van der Waals surface area contributed by atoms with Gasteiger partial charge in [-0.15, -0.1) is 0 Å². The van der Waals surface area contributed by atoms with Crippen molar-refractivity contribution in [3.63, 3.8) is 0 Å². The minimum Gasteiger partial charge on any atom is -0.380 e. The fraction of sp³-hybridized carbons (Fsp3) is 0.615. The zero-order chi connectivity index (χ0) is 12.7. The quantitative estimate of drug-likeness (QED) is 0.729. The standard InChI is InChI=1S/C13H23N3O/c1-4-17-9-8-16(3)13-12(10-11(2)14)6-5-7-15-13/h5-7,11H,4,8-10,14H2,1-3H3. The van der Waals surface area contributed by atoms with Crippen LogP contribution in [0.3, 0.4) is 0 Å². The van der Waals surface area contributed by atoms with Crippen LogP contribution in [0.4, 0.5) is 5.82 Å². The van der Waals surface area contributed by atoms with Gasteiger partial charge in [-0.2, -0.15) is 0 Å². The second-order valence-electron chi connectivity index (χ2n) is 4.29. The summed E-state index contributed by atoms with van der Waals surface area (Å²) in [6.45, 7) is 6.33. The number of pyridine rings is 1. The maximum Gasteiger partial charge on any atom is 0.131 e. The molecule has 2 N–H and O–H groups in total. The zero-order valence-electron chi connectivity index (χ0n) is 11.0. The van der Waals surface area contributed by atoms with E-state index in [0.29, 0.717) is 0 Å². The van der Waals surface area contributed by atoms with Gasteiger partial charge < -0.3 is 15.4 Å². The van der Waals surface area contributed by atoms with Crippen LogP contribution in [-0.2, 0) is 11.2 Å². The summed E-state index contributed by atoms with van der Waals surface area (Å²) in [6.07, 6.45) is 2.67. The number of ether oxygens (including phenoxy) is 1. The topological polar surface area (TPSA) is 51.4 Å². The Morgan fingerprint density at radius 2 is 2.29 bits per heavy atom. The molecule has 1 aromatic heterocycles. The first-order chi connectivity index (χ1) is 8.15. The monoisotopic (exact) mass is 237 g/mol. The fourth-order valence-corrected chi connectivity index (χ4v) is 1.73. The molecule has 17 heavy (non-hydrogen) atoms. The van der Waals surface area contributed by atoms with Gasteiger partial charge in [0, 0.05) is 32.4 Å². The molecule has 0 saturated carbocycles. The van der Waals surface area contributed by atoms with Gasteiger partial charge >= 0.3 is 0 Å². The van der Waals surface area contributed by atoms with Crippen molar-refractivity contribution in [1.29, 1.82) is 0 Å². The van der Waals surface area contributed by atoms with Gasteiger partial charge in [0.15, 0.2) is 0 Å². The highest BCUT2D eigenvalue weighted by Crippen LogP contribution is 2.16. The van der Waals surface area contributed by atoms with Crippen LogP contribution in [0.25, 0.3) is 0 Å². The zero-order valence-corrected chi connectivity index (χ0v) is 11.0. The normalized spacial score (nSPS) is 12.5. The molecule has 0 aliphatic carbocycles. The van der Waals surface area contributed by atoms with Gasteiger partial charge in [0.1, 0.15) is 5.82 Å². The van der Waals surface area contributed by atoms with Crippen LogP contribution < -0.4 is 10.6 Å². The molecule has 1 rings (SSSR count). The molecule has 0 amide bonds. The molecule has 0 aliphatic heterocycles. The SMILES string of the molecule is CCOCCN(C)c1ncccc1CC(C)N. The summed E-state index contributed by atoms with van der Waals surface area (Å²) in [5.74, 6) is 1.00. The smallest absolute Gasteiger partial charge is 0.131 e. The Kier molecular flexibility index (Phi) is 5.94. The van der Waals surface area contributed by atoms with E-state index in [1.54, 1.807) is 0 Å². The van der Waals surface area contributed by atoms with Crippen LogP contribution in [0.15, 0.2) is 18.3 Å². The number of aromatic nitrogens is 1. The van der Waals surface area contributed by atoms with Crippen LogP contribution in [0.2, 0.25) is 0 Å². The summed E-state index contributed by atoms with van der Waals surface area (Å²) in [6, 6.07) is 4.19. The summed E-state index contributed by atoms with van der Waals surface area (Å²) in [5, 5.41) is 0. The van der Waals surface area contributed by atoms with Crippen LogP contribution in [0.5, 0.6) is 0 Å². The Hall–Kier alpha value is -1.13. The van der Waals surface area contributed by atoms with Crippen molar-refractivity contribution < 1.29 is 4.74 Å². The highest BCUT2D eigenvalue weighted by atomic mass is 16.5. The summed E-state index contributed by atoms with van der Waals surface area (Å²) in [5.41, 5.74) is 7.04. The van der Waals surface area contributed by atoms with Gasteiger partial charge in [0.05, 0.1) is 6.61 Å². The molecule has 0 radical (unpaired) electrons. The van der Waals surface area contributed by atoms with E-state index in [9.17, 15) is 0 Å². The molecule has 0 bridgehead atoms. The largest absolute Gasteiger partial charge is 0.380 e. The van der Waals surface area contributed by atoms with Crippen LogP contribution in [-0.4, -0.2) is 37.8 Å². The van der Waals surface area contributed by atoms with E-state index < -0.39 is 0 Å². The molecule has 4 nitrogen and oxygen atoms in total. The number of nitrogens with zero attached hydrogens (tertiary/aromatic N) is 2. The number of likely N-dealkylation sites (N-methyl/N-ethyl adjacent to an activating group) is 1. The number of hydrogen-bond acceptors (Lipinski definition) is 4. The van der Waals surface area contributed by atoms with Crippen LogP contribution in [0.1, 0.15) is 19.4 Å². The third-order valence-corrected chi connectivity index (χ3v) is 2.55. The van der Waals surface area contributed by atoms with E-state index >= 15 is 0 Å². The lowest BCUT2D eigenvalue weighted by Crippen LogP contribution is -2.26. The Labute approximate surface area is 104 Å². The molecule has 4 heteroatoms. The first-order valence-corrected chi connectivity index (χ1v) is 6.13. The van der Waals surface area contributed by atoms with Crippen LogP contribution >= 0.6 is 0 Å². The van der Waals surface area contributed by atoms with Gasteiger partial charge in [0.25, 0.3) is 0 Å². The van der Waals surface area contributed by atoms with E-state index in [4.69, 9.17) is 10.5 Å². The fourth-order valence-electron chi connectivity index (χ4n) is 1.73. The van der Waals surface area contributed by atoms with E-state index in [1.165, 1.54) is 5.56 Å². The number of hydrogen-bond donors (Lipinski definition) is 1. The number of nitrogens with two attached hydrogens (primary N) is 1. The average Bonchev–Trinajstić information content (AvgIpc) is 2.29. The minimum atomic E-state index is 0.151. The van der Waals surface area contributed by atoms with Gasteiger partial charge in [-0.1, -0.05) is 6.07 Å². The molecule has 1 atom stereocenters. The van der Waals surface area contributed by atoms with E-state index in [2.05, 4.69) is 16.0 Å². The predicted molar refractivity (Wildman–Crippen MR) is 71.4 cm³/mol. The van der Waals surface area contributed by atoms with Gasteiger partial charge in [-0.05, 0) is 31.9 Å².